The lowest BCUT2D eigenvalue weighted by molar-refractivity contribution is 0.123. The highest BCUT2D eigenvalue weighted by atomic mass is 16.5. The molecule has 1 amide bonds. The van der Waals surface area contributed by atoms with Gasteiger partial charge in [-0.05, 0) is 61.2 Å². The van der Waals surface area contributed by atoms with Gasteiger partial charge in [-0.2, -0.15) is 0 Å². The maximum atomic E-state index is 11.2. The Morgan fingerprint density at radius 2 is 1.74 bits per heavy atom. The Morgan fingerprint density at radius 3 is 2.43 bits per heavy atom. The molecule has 3 aromatic rings. The van der Waals surface area contributed by atoms with E-state index in [1.54, 1.807) is 0 Å². The minimum Gasteiger partial charge on any atom is -0.465 e. The minimum atomic E-state index is -0.997. The Balaban J connectivity index is 1.32. The number of nitrogen functional groups attached to an aromatic ring is 1. The molecule has 2 heterocycles. The van der Waals surface area contributed by atoms with Crippen LogP contribution < -0.4 is 26.6 Å². The number of carboxylic acid groups (broad SMARTS) is 1. The lowest BCUT2D eigenvalue weighted by Gasteiger charge is -2.42. The molecule has 0 atom stereocenters. The van der Waals surface area contributed by atoms with Crippen molar-refractivity contribution in [3.63, 3.8) is 0 Å². The SMILES string of the molecule is Nc1ccc(Nc2ccccc2N2CCOCC2)nc1Nc1ccc(C2(NC(=O)O)CCC2)cc1. The molecule has 1 aliphatic heterocycles. The molecule has 2 aromatic carbocycles. The van der Waals surface area contributed by atoms with Crippen LogP contribution in [0.3, 0.4) is 0 Å². The van der Waals surface area contributed by atoms with Gasteiger partial charge in [-0.3, -0.25) is 0 Å². The number of morpholine rings is 1. The number of rotatable bonds is 7. The topological polar surface area (TPSA) is 125 Å². The summed E-state index contributed by atoms with van der Waals surface area (Å²) in [6.45, 7) is 3.13. The third kappa shape index (κ3) is 4.95. The van der Waals surface area contributed by atoms with E-state index in [1.807, 2.05) is 54.6 Å². The van der Waals surface area contributed by atoms with E-state index in [0.29, 0.717) is 17.3 Å². The number of ether oxygens (including phenoxy) is 1. The molecule has 1 aliphatic carbocycles. The summed E-state index contributed by atoms with van der Waals surface area (Å²) in [5.41, 5.74) is 10.1. The Labute approximate surface area is 204 Å². The van der Waals surface area contributed by atoms with Gasteiger partial charge in [-0.25, -0.2) is 9.78 Å². The number of pyridine rings is 1. The molecule has 1 saturated carbocycles. The van der Waals surface area contributed by atoms with E-state index < -0.39 is 11.6 Å². The summed E-state index contributed by atoms with van der Waals surface area (Å²) in [5.74, 6) is 1.23. The number of hydrogen-bond donors (Lipinski definition) is 5. The van der Waals surface area contributed by atoms with Crippen LogP contribution in [0.25, 0.3) is 0 Å². The Hall–Kier alpha value is -3.98. The molecule has 1 saturated heterocycles. The van der Waals surface area contributed by atoms with Gasteiger partial charge in [0, 0.05) is 18.8 Å². The molecule has 6 N–H and O–H groups in total. The fourth-order valence-electron chi connectivity index (χ4n) is 4.67. The Morgan fingerprint density at radius 1 is 1.00 bits per heavy atom. The summed E-state index contributed by atoms with van der Waals surface area (Å²) < 4.78 is 5.49. The Kier molecular flexibility index (Phi) is 6.33. The van der Waals surface area contributed by atoms with Gasteiger partial charge in [0.15, 0.2) is 5.82 Å². The number of para-hydroxylation sites is 2. The minimum absolute atomic E-state index is 0.487. The van der Waals surface area contributed by atoms with Gasteiger partial charge in [0.1, 0.15) is 5.82 Å². The predicted octanol–water partition coefficient (Wildman–Crippen LogP) is 4.63. The van der Waals surface area contributed by atoms with Crippen LogP contribution in [0.4, 0.5) is 39.2 Å². The van der Waals surface area contributed by atoms with Crippen molar-refractivity contribution in [1.29, 1.82) is 0 Å². The average Bonchev–Trinajstić information content (AvgIpc) is 2.85. The van der Waals surface area contributed by atoms with E-state index in [0.717, 1.165) is 68.2 Å². The second-order valence-corrected chi connectivity index (χ2v) is 8.94. The average molecular weight is 475 g/mol. The summed E-state index contributed by atoms with van der Waals surface area (Å²) in [7, 11) is 0. The first-order valence-corrected chi connectivity index (χ1v) is 11.9. The van der Waals surface area contributed by atoms with Crippen molar-refractivity contribution in [3.05, 3.63) is 66.2 Å². The fourth-order valence-corrected chi connectivity index (χ4v) is 4.67. The number of nitrogens with two attached hydrogens (primary N) is 1. The van der Waals surface area contributed by atoms with E-state index >= 15 is 0 Å². The number of anilines is 6. The molecule has 2 fully saturated rings. The number of carbonyl (C=O) groups is 1. The molecule has 0 radical (unpaired) electrons. The normalized spacial score (nSPS) is 16.7. The largest absolute Gasteiger partial charge is 0.465 e. The molecular formula is C26H30N6O3. The van der Waals surface area contributed by atoms with E-state index in [-0.39, 0.29) is 0 Å². The first kappa shape index (κ1) is 22.8. The Bertz CT molecular complexity index is 1190. The van der Waals surface area contributed by atoms with Crippen LogP contribution in [-0.2, 0) is 10.3 Å². The van der Waals surface area contributed by atoms with Gasteiger partial charge in [-0.1, -0.05) is 24.3 Å². The maximum Gasteiger partial charge on any atom is 0.405 e. The van der Waals surface area contributed by atoms with Gasteiger partial charge in [0.25, 0.3) is 0 Å². The zero-order valence-corrected chi connectivity index (χ0v) is 19.5. The highest BCUT2D eigenvalue weighted by Crippen LogP contribution is 2.41. The van der Waals surface area contributed by atoms with Crippen LogP contribution in [0.1, 0.15) is 24.8 Å². The molecule has 0 spiro atoms. The predicted molar refractivity (Wildman–Crippen MR) is 138 cm³/mol. The fraction of sp³-hybridized carbons (Fsp3) is 0.308. The molecule has 1 aromatic heterocycles. The van der Waals surface area contributed by atoms with Gasteiger partial charge in [0.05, 0.1) is 35.8 Å². The van der Waals surface area contributed by atoms with Crippen molar-refractivity contribution in [1.82, 2.24) is 10.3 Å². The van der Waals surface area contributed by atoms with Gasteiger partial charge in [-0.15, -0.1) is 0 Å². The zero-order chi connectivity index (χ0) is 24.3. The van der Waals surface area contributed by atoms with Gasteiger partial charge < -0.3 is 36.4 Å². The van der Waals surface area contributed by atoms with Crippen LogP contribution in [0.2, 0.25) is 0 Å². The second-order valence-electron chi connectivity index (χ2n) is 8.94. The number of nitrogens with one attached hydrogen (secondary N) is 3. The first-order chi connectivity index (χ1) is 17.0. The van der Waals surface area contributed by atoms with E-state index in [9.17, 15) is 9.90 Å². The lowest BCUT2D eigenvalue weighted by Crippen LogP contribution is -2.50. The summed E-state index contributed by atoms with van der Waals surface area (Å²) >= 11 is 0. The number of amides is 1. The lowest BCUT2D eigenvalue weighted by atomic mass is 9.72. The molecule has 2 aliphatic rings. The molecule has 182 valence electrons. The summed E-state index contributed by atoms with van der Waals surface area (Å²) in [4.78, 5) is 18.3. The van der Waals surface area contributed by atoms with E-state index in [2.05, 4.69) is 26.9 Å². The monoisotopic (exact) mass is 474 g/mol. The zero-order valence-electron chi connectivity index (χ0n) is 19.5. The number of benzene rings is 2. The molecule has 5 rings (SSSR count). The smallest absolute Gasteiger partial charge is 0.405 e. The second kappa shape index (κ2) is 9.71. The molecule has 9 nitrogen and oxygen atoms in total. The van der Waals surface area contributed by atoms with Crippen LogP contribution in [0.5, 0.6) is 0 Å². The highest BCUT2D eigenvalue weighted by molar-refractivity contribution is 5.77. The molecule has 35 heavy (non-hydrogen) atoms. The number of aromatic nitrogens is 1. The molecular weight excluding hydrogens is 444 g/mol. The van der Waals surface area contributed by atoms with Crippen molar-refractivity contribution in [2.45, 2.75) is 24.8 Å². The molecule has 9 heteroatoms. The van der Waals surface area contributed by atoms with Crippen LogP contribution in [0.15, 0.2) is 60.7 Å². The van der Waals surface area contributed by atoms with Crippen LogP contribution >= 0.6 is 0 Å². The van der Waals surface area contributed by atoms with Gasteiger partial charge in [0.2, 0.25) is 0 Å². The standard InChI is InChI=1S/C26H30N6O3/c27-20-10-11-23(29-21-4-1-2-5-22(21)32-14-16-35-17-15-32)30-24(20)28-19-8-6-18(7-9-19)26(12-3-13-26)31-25(33)34/h1-2,4-11,31H,3,12-17,27H2,(H,33,34)(H2,28,29,30). The van der Waals surface area contributed by atoms with Crippen LogP contribution in [0, 0.1) is 0 Å². The van der Waals surface area contributed by atoms with Crippen molar-refractivity contribution >= 4 is 40.5 Å². The molecule has 0 bridgehead atoms. The first-order valence-electron chi connectivity index (χ1n) is 11.9. The molecule has 0 unspecified atom stereocenters. The number of nitrogens with zero attached hydrogens (tertiary/aromatic N) is 2. The third-order valence-corrected chi connectivity index (χ3v) is 6.70. The summed E-state index contributed by atoms with van der Waals surface area (Å²) in [6.07, 6.45) is 1.62. The summed E-state index contributed by atoms with van der Waals surface area (Å²) in [6, 6.07) is 19.6. The van der Waals surface area contributed by atoms with Crippen LogP contribution in [-0.4, -0.2) is 42.5 Å². The van der Waals surface area contributed by atoms with E-state index in [4.69, 9.17) is 15.5 Å². The van der Waals surface area contributed by atoms with Crippen molar-refractivity contribution in [2.24, 2.45) is 0 Å². The van der Waals surface area contributed by atoms with Gasteiger partial charge >= 0.3 is 6.09 Å². The van der Waals surface area contributed by atoms with E-state index in [1.165, 1.54) is 0 Å². The maximum absolute atomic E-state index is 11.2. The van der Waals surface area contributed by atoms with Crippen molar-refractivity contribution < 1.29 is 14.6 Å². The number of hydrogen-bond acceptors (Lipinski definition) is 7. The van der Waals surface area contributed by atoms with Crippen molar-refractivity contribution in [2.75, 3.05) is 47.6 Å². The quantitative estimate of drug-likeness (QED) is 0.336. The highest BCUT2D eigenvalue weighted by Gasteiger charge is 2.40. The van der Waals surface area contributed by atoms with Crippen molar-refractivity contribution in [3.8, 4) is 0 Å². The summed E-state index contributed by atoms with van der Waals surface area (Å²) in [5, 5.41) is 18.6. The third-order valence-electron chi connectivity index (χ3n) is 6.70.